The van der Waals surface area contributed by atoms with Gasteiger partial charge in [0.05, 0.1) is 26.4 Å². The molecule has 0 spiro atoms. The van der Waals surface area contributed by atoms with Gasteiger partial charge in [0, 0.05) is 25.7 Å². The van der Waals surface area contributed by atoms with Crippen molar-refractivity contribution in [2.75, 3.05) is 39.6 Å². The second-order valence-corrected chi connectivity index (χ2v) is 35.8. The largest absolute Gasteiger partial charge is 0.472 e. The van der Waals surface area contributed by atoms with E-state index >= 15 is 0 Å². The topological polar surface area (TPSA) is 237 Å². The van der Waals surface area contributed by atoms with E-state index in [0.29, 0.717) is 25.7 Å². The second kappa shape index (κ2) is 80.3. The minimum Gasteiger partial charge on any atom is -0.462 e. The Morgan fingerprint density at radius 1 is 0.250 bits per heavy atom. The zero-order valence-electron chi connectivity index (χ0n) is 71.2. The molecule has 0 fully saturated rings. The van der Waals surface area contributed by atoms with E-state index in [-0.39, 0.29) is 25.7 Å². The molecule has 0 aliphatic rings. The number of carbonyl (C=O) groups is 4. The molecule has 0 aromatic carbocycles. The zero-order valence-corrected chi connectivity index (χ0v) is 73.0. The molecule has 0 aliphatic heterocycles. The predicted octanol–water partition coefficient (Wildman–Crippen LogP) is 27.4. The molecule has 5 atom stereocenters. The summed E-state index contributed by atoms with van der Waals surface area (Å²) in [6, 6.07) is 0. The second-order valence-electron chi connectivity index (χ2n) is 32.9. The number of aliphatic hydroxyl groups excluding tert-OH is 1. The first-order chi connectivity index (χ1) is 52.4. The first kappa shape index (κ1) is 106. The van der Waals surface area contributed by atoms with Gasteiger partial charge in [-0.05, 0) is 37.5 Å². The Hall–Kier alpha value is -1.94. The first-order valence-corrected chi connectivity index (χ1v) is 49.0. The van der Waals surface area contributed by atoms with Crippen LogP contribution >= 0.6 is 15.6 Å². The Morgan fingerprint density at radius 3 is 0.630 bits per heavy atom. The number of hydrogen-bond acceptors (Lipinski definition) is 15. The van der Waals surface area contributed by atoms with Crippen LogP contribution in [0.1, 0.15) is 478 Å². The van der Waals surface area contributed by atoms with Crippen molar-refractivity contribution in [1.29, 1.82) is 0 Å². The highest BCUT2D eigenvalue weighted by Crippen LogP contribution is 2.45. The number of unbranched alkanes of at least 4 members (excludes halogenated alkanes) is 58. The van der Waals surface area contributed by atoms with Crippen LogP contribution in [0.15, 0.2) is 0 Å². The minimum atomic E-state index is -4.97. The third kappa shape index (κ3) is 82.1. The number of rotatable bonds is 88. The fraction of sp³-hybridized carbons (Fsp3) is 0.955. The Bertz CT molecular complexity index is 2060. The lowest BCUT2D eigenvalue weighted by Gasteiger charge is -2.21. The van der Waals surface area contributed by atoms with E-state index in [2.05, 4.69) is 41.5 Å². The fourth-order valence-electron chi connectivity index (χ4n) is 14.0. The summed E-state index contributed by atoms with van der Waals surface area (Å²) in [6.45, 7) is 9.70. The van der Waals surface area contributed by atoms with Gasteiger partial charge in [-0.25, -0.2) is 9.13 Å². The maximum absolute atomic E-state index is 13.2. The van der Waals surface area contributed by atoms with Crippen LogP contribution in [0, 0.1) is 11.8 Å². The highest BCUT2D eigenvalue weighted by atomic mass is 31.2. The number of phosphoric ester groups is 2. The molecular weight excluding hydrogens is 1400 g/mol. The van der Waals surface area contributed by atoms with Gasteiger partial charge in [-0.15, -0.1) is 0 Å². The van der Waals surface area contributed by atoms with E-state index in [1.807, 2.05) is 0 Å². The summed E-state index contributed by atoms with van der Waals surface area (Å²) in [5.41, 5.74) is 0. The van der Waals surface area contributed by atoms with Crippen LogP contribution < -0.4 is 0 Å². The molecule has 0 aromatic rings. The number of aliphatic hydroxyl groups is 1. The molecule has 3 N–H and O–H groups in total. The van der Waals surface area contributed by atoms with Crippen LogP contribution in [0.4, 0.5) is 0 Å². The van der Waals surface area contributed by atoms with Crippen LogP contribution in [-0.4, -0.2) is 96.7 Å². The third-order valence-electron chi connectivity index (χ3n) is 21.0. The molecule has 0 amide bonds. The third-order valence-corrected chi connectivity index (χ3v) is 22.9. The molecule has 0 aromatic heterocycles. The first-order valence-electron chi connectivity index (χ1n) is 46.0. The molecule has 108 heavy (non-hydrogen) atoms. The molecule has 0 bridgehead atoms. The lowest BCUT2D eigenvalue weighted by Crippen LogP contribution is -2.30. The monoisotopic (exact) mass is 1580 g/mol. The molecule has 17 nitrogen and oxygen atoms in total. The van der Waals surface area contributed by atoms with E-state index in [1.165, 1.54) is 295 Å². The molecule has 19 heteroatoms. The lowest BCUT2D eigenvalue weighted by molar-refractivity contribution is -0.161. The maximum atomic E-state index is 13.2. The maximum Gasteiger partial charge on any atom is 0.472 e. The molecule has 0 heterocycles. The average molecular weight is 1580 g/mol. The summed E-state index contributed by atoms with van der Waals surface area (Å²) in [5, 5.41) is 10.7. The van der Waals surface area contributed by atoms with Gasteiger partial charge in [0.25, 0.3) is 0 Å². The molecule has 0 saturated carbocycles. The number of phosphoric acid groups is 2. The van der Waals surface area contributed by atoms with E-state index in [0.717, 1.165) is 102 Å². The smallest absolute Gasteiger partial charge is 0.462 e. The van der Waals surface area contributed by atoms with Crippen LogP contribution in [0.5, 0.6) is 0 Å². The van der Waals surface area contributed by atoms with Crippen molar-refractivity contribution >= 4 is 39.5 Å². The van der Waals surface area contributed by atoms with Crippen molar-refractivity contribution in [2.45, 2.75) is 496 Å². The highest BCUT2D eigenvalue weighted by molar-refractivity contribution is 7.47. The molecule has 0 rings (SSSR count). The molecule has 0 saturated heterocycles. The summed E-state index contributed by atoms with van der Waals surface area (Å²) in [7, 11) is -9.93. The Balaban J connectivity index is 5.24. The van der Waals surface area contributed by atoms with E-state index < -0.39 is 97.5 Å². The lowest BCUT2D eigenvalue weighted by atomic mass is 10.0. The average Bonchev–Trinajstić information content (AvgIpc) is 0.902. The molecule has 0 aliphatic carbocycles. The molecule has 642 valence electrons. The van der Waals surface area contributed by atoms with Crippen LogP contribution in [0.2, 0.25) is 0 Å². The van der Waals surface area contributed by atoms with Crippen molar-refractivity contribution in [3.05, 3.63) is 0 Å². The molecule has 2 unspecified atom stereocenters. The van der Waals surface area contributed by atoms with E-state index in [9.17, 15) is 43.2 Å². The minimum absolute atomic E-state index is 0.108. The number of carbonyl (C=O) groups excluding carboxylic acids is 4. The summed E-state index contributed by atoms with van der Waals surface area (Å²) in [6.07, 6.45) is 73.7. The Kier molecular flexibility index (Phi) is 78.8. The normalized spacial score (nSPS) is 13.8. The van der Waals surface area contributed by atoms with Gasteiger partial charge in [-0.1, -0.05) is 427 Å². The highest BCUT2D eigenvalue weighted by Gasteiger charge is 2.31. The van der Waals surface area contributed by atoms with Crippen LogP contribution in [0.3, 0.4) is 0 Å². The predicted molar refractivity (Wildman–Crippen MR) is 446 cm³/mol. The van der Waals surface area contributed by atoms with E-state index in [4.69, 9.17) is 37.0 Å². The SMILES string of the molecule is CCCCCCCCCCCCCCCCCCCCCC(=O)OC[C@H](COP(=O)(O)OC[C@@H](O)COP(=O)(O)OC[C@@H](COC(=O)CCCCCCCCCCC(C)C)OC(=O)CCCCCCCCCCCCCCCCCCC)OC(=O)CCCCCCCCCCCCCCCCCCCCC(C)C. The summed E-state index contributed by atoms with van der Waals surface area (Å²) in [5.74, 6) is -0.552. The zero-order chi connectivity index (χ0) is 79.2. The van der Waals surface area contributed by atoms with Crippen molar-refractivity contribution in [1.82, 2.24) is 0 Å². The van der Waals surface area contributed by atoms with Crippen molar-refractivity contribution < 1.29 is 80.2 Å². The van der Waals surface area contributed by atoms with Gasteiger partial charge >= 0.3 is 39.5 Å². The number of esters is 4. The van der Waals surface area contributed by atoms with Crippen LogP contribution in [-0.2, 0) is 65.4 Å². The van der Waals surface area contributed by atoms with Gasteiger partial charge in [0.15, 0.2) is 12.2 Å². The van der Waals surface area contributed by atoms with E-state index in [1.54, 1.807) is 0 Å². The van der Waals surface area contributed by atoms with Crippen molar-refractivity contribution in [2.24, 2.45) is 11.8 Å². The van der Waals surface area contributed by atoms with Gasteiger partial charge < -0.3 is 33.8 Å². The molecular formula is C89H174O17P2. The number of hydrogen-bond donors (Lipinski definition) is 3. The quantitative estimate of drug-likeness (QED) is 0.0222. The molecule has 0 radical (unpaired) electrons. The van der Waals surface area contributed by atoms with Crippen LogP contribution in [0.25, 0.3) is 0 Å². The Morgan fingerprint density at radius 2 is 0.426 bits per heavy atom. The summed E-state index contributed by atoms with van der Waals surface area (Å²) < 4.78 is 69.0. The number of ether oxygens (including phenoxy) is 4. The van der Waals surface area contributed by atoms with Gasteiger partial charge in [0.2, 0.25) is 0 Å². The van der Waals surface area contributed by atoms with Crippen molar-refractivity contribution in [3.63, 3.8) is 0 Å². The Labute approximate surface area is 664 Å². The van der Waals surface area contributed by atoms with Crippen molar-refractivity contribution in [3.8, 4) is 0 Å². The summed E-state index contributed by atoms with van der Waals surface area (Å²) >= 11 is 0. The van der Waals surface area contributed by atoms with Gasteiger partial charge in [0.1, 0.15) is 19.3 Å². The van der Waals surface area contributed by atoms with Gasteiger partial charge in [-0.3, -0.25) is 37.3 Å². The fourth-order valence-corrected chi connectivity index (χ4v) is 15.5. The summed E-state index contributed by atoms with van der Waals surface area (Å²) in [4.78, 5) is 73.3. The standard InChI is InChI=1S/C89H174O17P2/c1-7-9-11-13-15-17-19-21-23-25-26-31-34-38-42-46-53-59-65-71-86(91)99-77-84(105-88(93)73-68-62-56-48-44-40-36-32-28-27-30-33-37-41-45-51-57-63-69-81(3)4)79-103-107(95,96)101-75-83(90)76-102-108(97,98)104-80-85(78-100-87(92)72-66-60-54-50-49-52-58-64-70-82(5)6)106-89(94)74-67-61-55-47-43-39-35-29-24-22-20-18-16-14-12-10-8-2/h81-85,90H,7-80H2,1-6H3,(H,95,96)(H,97,98)/t83-,84-,85-/m1/s1. The van der Waals surface area contributed by atoms with Gasteiger partial charge in [-0.2, -0.15) is 0 Å².